The molecule has 6 nitrogen and oxygen atoms in total. The predicted molar refractivity (Wildman–Crippen MR) is 72.9 cm³/mol. The Morgan fingerprint density at radius 2 is 2.00 bits per heavy atom. The van der Waals surface area contributed by atoms with Crippen LogP contribution in [0.25, 0.3) is 0 Å². The van der Waals surface area contributed by atoms with Crippen molar-refractivity contribution in [3.05, 3.63) is 30.1 Å². The summed E-state index contributed by atoms with van der Waals surface area (Å²) in [5.74, 6) is -0.453. The molecule has 0 aromatic carbocycles. The van der Waals surface area contributed by atoms with Gasteiger partial charge in [0.2, 0.25) is 15.9 Å². The van der Waals surface area contributed by atoms with Crippen LogP contribution in [0.15, 0.2) is 24.5 Å². The second-order valence-electron chi connectivity index (χ2n) is 4.55. The van der Waals surface area contributed by atoms with Crippen LogP contribution in [-0.2, 0) is 14.8 Å². The van der Waals surface area contributed by atoms with Crippen LogP contribution in [0.2, 0.25) is 0 Å². The van der Waals surface area contributed by atoms with E-state index in [2.05, 4.69) is 9.71 Å². The van der Waals surface area contributed by atoms with Gasteiger partial charge in [-0.2, -0.15) is 0 Å². The number of carbonyl (C=O) groups is 1. The van der Waals surface area contributed by atoms with Crippen molar-refractivity contribution in [3.8, 4) is 0 Å². The molecule has 7 heteroatoms. The summed E-state index contributed by atoms with van der Waals surface area (Å²) in [6, 6.07) is 3.07. The quantitative estimate of drug-likeness (QED) is 0.856. The van der Waals surface area contributed by atoms with Gasteiger partial charge >= 0.3 is 0 Å². The number of amides is 1. The minimum atomic E-state index is -3.72. The van der Waals surface area contributed by atoms with E-state index in [9.17, 15) is 13.2 Å². The molecule has 0 unspecified atom stereocenters. The highest BCUT2D eigenvalue weighted by molar-refractivity contribution is 7.90. The smallest absolute Gasteiger partial charge is 0.241 e. The van der Waals surface area contributed by atoms with Gasteiger partial charge < -0.3 is 4.90 Å². The molecule has 1 N–H and O–H groups in total. The van der Waals surface area contributed by atoms with Crippen molar-refractivity contribution in [2.75, 3.05) is 14.1 Å². The summed E-state index contributed by atoms with van der Waals surface area (Å²) in [6.45, 7) is 3.09. The molecule has 0 bridgehead atoms. The number of pyridine rings is 1. The monoisotopic (exact) mass is 285 g/mol. The molecule has 0 radical (unpaired) electrons. The molecule has 0 spiro atoms. The van der Waals surface area contributed by atoms with Crippen molar-refractivity contribution >= 4 is 15.9 Å². The average Bonchev–Trinajstić information content (AvgIpc) is 2.37. The van der Waals surface area contributed by atoms with Crippen LogP contribution in [-0.4, -0.2) is 43.6 Å². The molecule has 1 amide bonds. The number of aromatic nitrogens is 1. The van der Waals surface area contributed by atoms with E-state index in [1.807, 2.05) is 0 Å². The molecule has 1 rings (SSSR count). The average molecular weight is 285 g/mol. The summed E-state index contributed by atoms with van der Waals surface area (Å²) < 4.78 is 26.7. The first-order valence-electron chi connectivity index (χ1n) is 5.88. The lowest BCUT2D eigenvalue weighted by atomic mass is 10.2. The first kappa shape index (κ1) is 15.6. The van der Waals surface area contributed by atoms with Crippen LogP contribution < -0.4 is 4.72 Å². The highest BCUT2D eigenvalue weighted by atomic mass is 32.2. The number of nitrogens with zero attached hydrogens (tertiary/aromatic N) is 2. The van der Waals surface area contributed by atoms with Crippen molar-refractivity contribution in [2.24, 2.45) is 0 Å². The van der Waals surface area contributed by atoms with Gasteiger partial charge in [0.15, 0.2) is 5.25 Å². The van der Waals surface area contributed by atoms with Crippen LogP contribution in [0.5, 0.6) is 0 Å². The van der Waals surface area contributed by atoms with Crippen LogP contribution in [0.1, 0.15) is 25.5 Å². The first-order chi connectivity index (χ1) is 8.75. The summed E-state index contributed by atoms with van der Waals surface area (Å²) in [5, 5.41) is -1.12. The minimum absolute atomic E-state index is 0.434. The first-order valence-corrected chi connectivity index (χ1v) is 7.42. The van der Waals surface area contributed by atoms with Gasteiger partial charge in [0.25, 0.3) is 0 Å². The molecule has 0 saturated heterocycles. The van der Waals surface area contributed by atoms with Gasteiger partial charge in [-0.3, -0.25) is 9.78 Å². The van der Waals surface area contributed by atoms with Crippen molar-refractivity contribution in [1.82, 2.24) is 14.6 Å². The molecule has 0 fully saturated rings. The Morgan fingerprint density at radius 3 is 2.47 bits per heavy atom. The highest BCUT2D eigenvalue weighted by Crippen LogP contribution is 2.13. The third-order valence-electron chi connectivity index (χ3n) is 2.78. The van der Waals surface area contributed by atoms with Gasteiger partial charge in [0.1, 0.15) is 0 Å². The molecule has 0 aliphatic carbocycles. The highest BCUT2D eigenvalue weighted by Gasteiger charge is 2.30. The van der Waals surface area contributed by atoms with Gasteiger partial charge in [-0.1, -0.05) is 6.07 Å². The Morgan fingerprint density at radius 1 is 1.37 bits per heavy atom. The maximum Gasteiger partial charge on any atom is 0.241 e. The number of hydrogen-bond acceptors (Lipinski definition) is 4. The SMILES string of the molecule is C[C@@H](NS(=O)(=O)[C@@H](C)C(=O)N(C)C)c1cccnc1. The van der Waals surface area contributed by atoms with E-state index < -0.39 is 27.2 Å². The molecule has 1 aromatic heterocycles. The molecule has 2 atom stereocenters. The van der Waals surface area contributed by atoms with Crippen LogP contribution in [0.3, 0.4) is 0 Å². The molecule has 0 aliphatic heterocycles. The van der Waals surface area contributed by atoms with Crippen molar-refractivity contribution in [2.45, 2.75) is 25.1 Å². The maximum absolute atomic E-state index is 12.1. The largest absolute Gasteiger partial charge is 0.348 e. The van der Waals surface area contributed by atoms with Crippen LogP contribution in [0.4, 0.5) is 0 Å². The van der Waals surface area contributed by atoms with Gasteiger partial charge in [-0.05, 0) is 25.5 Å². The van der Waals surface area contributed by atoms with E-state index in [0.717, 1.165) is 5.56 Å². The molecular weight excluding hydrogens is 266 g/mol. The zero-order valence-corrected chi connectivity index (χ0v) is 12.3. The topological polar surface area (TPSA) is 79.4 Å². The van der Waals surface area contributed by atoms with E-state index in [-0.39, 0.29) is 0 Å². The number of carbonyl (C=O) groups excluding carboxylic acids is 1. The summed E-state index contributed by atoms with van der Waals surface area (Å²) in [5.41, 5.74) is 0.746. The summed E-state index contributed by atoms with van der Waals surface area (Å²) in [4.78, 5) is 16.9. The number of hydrogen-bond donors (Lipinski definition) is 1. The van der Waals surface area contributed by atoms with Gasteiger partial charge in [0.05, 0.1) is 0 Å². The fourth-order valence-corrected chi connectivity index (χ4v) is 2.85. The second-order valence-corrected chi connectivity index (χ2v) is 6.58. The van der Waals surface area contributed by atoms with Gasteiger partial charge in [0, 0.05) is 32.5 Å². The zero-order chi connectivity index (χ0) is 14.6. The molecule has 1 heterocycles. The molecule has 106 valence electrons. The second kappa shape index (κ2) is 6.12. The van der Waals surface area contributed by atoms with E-state index >= 15 is 0 Å². The molecule has 0 saturated carbocycles. The van der Waals surface area contributed by atoms with Crippen molar-refractivity contribution in [3.63, 3.8) is 0 Å². The summed E-state index contributed by atoms with van der Waals surface area (Å²) in [6.07, 6.45) is 3.20. The number of nitrogens with one attached hydrogen (secondary N) is 1. The molecule has 19 heavy (non-hydrogen) atoms. The number of rotatable bonds is 5. The lowest BCUT2D eigenvalue weighted by Gasteiger charge is -2.20. The Bertz CT molecular complexity index is 528. The Labute approximate surface area is 113 Å². The fourth-order valence-electron chi connectivity index (χ4n) is 1.54. The zero-order valence-electron chi connectivity index (χ0n) is 11.5. The summed E-state index contributed by atoms with van der Waals surface area (Å²) in [7, 11) is -0.668. The van der Waals surface area contributed by atoms with E-state index in [4.69, 9.17) is 0 Å². The van der Waals surface area contributed by atoms with Gasteiger partial charge in [-0.15, -0.1) is 0 Å². The minimum Gasteiger partial charge on any atom is -0.348 e. The van der Waals surface area contributed by atoms with Crippen LogP contribution >= 0.6 is 0 Å². The molecular formula is C12H19N3O3S. The maximum atomic E-state index is 12.1. The predicted octanol–water partition coefficient (Wildman–Crippen LogP) is 0.539. The fraction of sp³-hybridized carbons (Fsp3) is 0.500. The normalized spacial score (nSPS) is 14.7. The van der Waals surface area contributed by atoms with E-state index in [1.54, 1.807) is 31.5 Å². The van der Waals surface area contributed by atoms with Crippen molar-refractivity contribution in [1.29, 1.82) is 0 Å². The van der Waals surface area contributed by atoms with Gasteiger partial charge in [-0.25, -0.2) is 13.1 Å². The molecule has 0 aliphatic rings. The van der Waals surface area contributed by atoms with E-state index in [0.29, 0.717) is 0 Å². The lowest BCUT2D eigenvalue weighted by Crippen LogP contribution is -2.43. The van der Waals surface area contributed by atoms with Crippen LogP contribution in [0, 0.1) is 0 Å². The summed E-state index contributed by atoms with van der Waals surface area (Å²) >= 11 is 0. The third kappa shape index (κ3) is 4.00. The number of sulfonamides is 1. The molecule has 1 aromatic rings. The van der Waals surface area contributed by atoms with Crippen molar-refractivity contribution < 1.29 is 13.2 Å². The Kier molecular flexibility index (Phi) is 5.02. The third-order valence-corrected chi connectivity index (χ3v) is 4.59. The Balaban J connectivity index is 2.83. The Hall–Kier alpha value is -1.47. The van der Waals surface area contributed by atoms with E-state index in [1.165, 1.54) is 25.9 Å². The standard InChI is InChI=1S/C12H19N3O3S/c1-9(11-6-5-7-13-8-11)14-19(17,18)10(2)12(16)15(3)4/h5-10,14H,1-4H3/t9-,10+/m1/s1. The lowest BCUT2D eigenvalue weighted by molar-refractivity contribution is -0.127.